The highest BCUT2D eigenvalue weighted by Crippen LogP contribution is 2.25. The predicted molar refractivity (Wildman–Crippen MR) is 127 cm³/mol. The number of methoxy groups -OCH3 is 1. The van der Waals surface area contributed by atoms with E-state index in [0.717, 1.165) is 62.0 Å². The Morgan fingerprint density at radius 2 is 1.68 bits per heavy atom. The maximum atomic E-state index is 5.98. The smallest absolute Gasteiger partial charge is 0.222 e. The molecule has 0 atom stereocenters. The van der Waals surface area contributed by atoms with Crippen molar-refractivity contribution < 1.29 is 4.74 Å². The number of rotatable bonds is 7. The Bertz CT molecular complexity index is 982. The number of hydrogen-bond donors (Lipinski definition) is 2. The van der Waals surface area contributed by atoms with Crippen molar-refractivity contribution >= 4 is 17.5 Å². The average Bonchev–Trinajstić information content (AvgIpc) is 2.80. The van der Waals surface area contributed by atoms with E-state index in [2.05, 4.69) is 68.5 Å². The largest absolute Gasteiger partial charge is 0.497 e. The van der Waals surface area contributed by atoms with Crippen LogP contribution < -0.4 is 20.7 Å². The number of nitrogens with zero attached hydrogens (tertiary/aromatic N) is 4. The number of hydrogen-bond acceptors (Lipinski definition) is 7. The second kappa shape index (κ2) is 9.66. The lowest BCUT2D eigenvalue weighted by Gasteiger charge is -2.34. The fourth-order valence-electron chi connectivity index (χ4n) is 3.74. The van der Waals surface area contributed by atoms with Gasteiger partial charge in [-0.25, -0.2) is 4.98 Å². The van der Waals surface area contributed by atoms with Gasteiger partial charge in [0, 0.05) is 50.0 Å². The van der Waals surface area contributed by atoms with Gasteiger partial charge in [-0.05, 0) is 43.3 Å². The molecular formula is C24H30N6O. The zero-order valence-electron chi connectivity index (χ0n) is 18.2. The van der Waals surface area contributed by atoms with Gasteiger partial charge in [-0.2, -0.15) is 4.98 Å². The molecule has 1 fully saturated rings. The quantitative estimate of drug-likeness (QED) is 0.610. The van der Waals surface area contributed by atoms with Crippen molar-refractivity contribution in [2.24, 2.45) is 0 Å². The maximum absolute atomic E-state index is 5.98. The minimum atomic E-state index is 0.271. The molecule has 3 N–H and O–H groups in total. The van der Waals surface area contributed by atoms with Crippen molar-refractivity contribution in [3.63, 3.8) is 0 Å². The standard InChI is InChI=1S/C24H30N6O/c1-29-13-15-30(16-14-29)20-7-5-19(6-8-20)22-17-23(28-24(25)27-22)26-12-11-18-3-9-21(31-2)10-4-18/h3-10,17H,11-16H2,1-2H3,(H3,25,26,27,28). The summed E-state index contributed by atoms with van der Waals surface area (Å²) >= 11 is 0. The van der Waals surface area contributed by atoms with Crippen LogP contribution in [0.15, 0.2) is 54.6 Å². The first-order chi connectivity index (χ1) is 15.1. The maximum Gasteiger partial charge on any atom is 0.222 e. The lowest BCUT2D eigenvalue weighted by atomic mass is 10.1. The lowest BCUT2D eigenvalue weighted by Crippen LogP contribution is -2.44. The molecule has 31 heavy (non-hydrogen) atoms. The number of nitrogen functional groups attached to an aromatic ring is 1. The third-order valence-electron chi connectivity index (χ3n) is 5.65. The first-order valence-electron chi connectivity index (χ1n) is 10.7. The molecule has 1 aliphatic rings. The summed E-state index contributed by atoms with van der Waals surface area (Å²) in [4.78, 5) is 13.6. The van der Waals surface area contributed by atoms with E-state index < -0.39 is 0 Å². The summed E-state index contributed by atoms with van der Waals surface area (Å²) in [5, 5.41) is 3.36. The molecular weight excluding hydrogens is 388 g/mol. The summed E-state index contributed by atoms with van der Waals surface area (Å²) in [7, 11) is 3.84. The van der Waals surface area contributed by atoms with E-state index in [1.54, 1.807) is 7.11 Å². The number of benzene rings is 2. The van der Waals surface area contributed by atoms with Crippen LogP contribution in [0.25, 0.3) is 11.3 Å². The fraction of sp³-hybridized carbons (Fsp3) is 0.333. The van der Waals surface area contributed by atoms with Crippen LogP contribution in [0.1, 0.15) is 5.56 Å². The molecule has 0 saturated carbocycles. The van der Waals surface area contributed by atoms with Crippen LogP contribution in [0.4, 0.5) is 17.5 Å². The Hall–Kier alpha value is -3.32. The molecule has 1 aliphatic heterocycles. The summed E-state index contributed by atoms with van der Waals surface area (Å²) in [6.45, 7) is 5.05. The normalized spacial score (nSPS) is 14.5. The van der Waals surface area contributed by atoms with Gasteiger partial charge in [0.2, 0.25) is 5.95 Å². The molecule has 2 heterocycles. The number of piperazine rings is 1. The van der Waals surface area contributed by atoms with E-state index in [-0.39, 0.29) is 5.95 Å². The first-order valence-corrected chi connectivity index (χ1v) is 10.7. The number of anilines is 3. The van der Waals surface area contributed by atoms with E-state index in [0.29, 0.717) is 0 Å². The molecule has 7 nitrogen and oxygen atoms in total. The summed E-state index contributed by atoms with van der Waals surface area (Å²) in [5.41, 5.74) is 10.3. The number of likely N-dealkylation sites (N-methyl/N-ethyl adjacent to an activating group) is 1. The topological polar surface area (TPSA) is 79.5 Å². The van der Waals surface area contributed by atoms with Crippen molar-refractivity contribution in [3.05, 3.63) is 60.2 Å². The van der Waals surface area contributed by atoms with Gasteiger partial charge < -0.3 is 25.6 Å². The highest BCUT2D eigenvalue weighted by molar-refractivity contribution is 5.66. The zero-order valence-corrected chi connectivity index (χ0v) is 18.2. The lowest BCUT2D eigenvalue weighted by molar-refractivity contribution is 0.313. The van der Waals surface area contributed by atoms with Crippen LogP contribution in [0.2, 0.25) is 0 Å². The van der Waals surface area contributed by atoms with Gasteiger partial charge in [-0.15, -0.1) is 0 Å². The van der Waals surface area contributed by atoms with Crippen LogP contribution in [0, 0.1) is 0 Å². The van der Waals surface area contributed by atoms with Crippen molar-refractivity contribution in [1.82, 2.24) is 14.9 Å². The molecule has 162 valence electrons. The van der Waals surface area contributed by atoms with Gasteiger partial charge in [0.1, 0.15) is 11.6 Å². The molecule has 1 aromatic heterocycles. The van der Waals surface area contributed by atoms with Crippen molar-refractivity contribution in [2.75, 3.05) is 62.8 Å². The minimum absolute atomic E-state index is 0.271. The predicted octanol–water partition coefficient (Wildman–Crippen LogP) is 3.14. The molecule has 0 amide bonds. The van der Waals surface area contributed by atoms with Gasteiger partial charge in [0.05, 0.1) is 12.8 Å². The monoisotopic (exact) mass is 418 g/mol. The average molecular weight is 419 g/mol. The summed E-state index contributed by atoms with van der Waals surface area (Å²) in [6.07, 6.45) is 0.878. The van der Waals surface area contributed by atoms with E-state index in [4.69, 9.17) is 10.5 Å². The Morgan fingerprint density at radius 1 is 0.968 bits per heavy atom. The van der Waals surface area contributed by atoms with Crippen LogP contribution in [-0.4, -0.2) is 61.7 Å². The van der Waals surface area contributed by atoms with Gasteiger partial charge in [0.25, 0.3) is 0 Å². The second-order valence-corrected chi connectivity index (χ2v) is 7.86. The van der Waals surface area contributed by atoms with Crippen molar-refractivity contribution in [2.45, 2.75) is 6.42 Å². The van der Waals surface area contributed by atoms with Gasteiger partial charge in [-0.1, -0.05) is 24.3 Å². The number of nitrogens with two attached hydrogens (primary N) is 1. The van der Waals surface area contributed by atoms with Gasteiger partial charge in [-0.3, -0.25) is 0 Å². The third-order valence-corrected chi connectivity index (χ3v) is 5.65. The summed E-state index contributed by atoms with van der Waals surface area (Å²) in [5.74, 6) is 1.87. The Morgan fingerprint density at radius 3 is 2.35 bits per heavy atom. The molecule has 0 aliphatic carbocycles. The number of aromatic nitrogens is 2. The van der Waals surface area contributed by atoms with Crippen molar-refractivity contribution in [3.8, 4) is 17.0 Å². The molecule has 0 unspecified atom stereocenters. The zero-order chi connectivity index (χ0) is 21.6. The molecule has 0 radical (unpaired) electrons. The Balaban J connectivity index is 1.39. The highest BCUT2D eigenvalue weighted by atomic mass is 16.5. The first kappa shape index (κ1) is 20.9. The van der Waals surface area contributed by atoms with Crippen LogP contribution in [0.3, 0.4) is 0 Å². The SMILES string of the molecule is COc1ccc(CCNc2cc(-c3ccc(N4CCN(C)CC4)cc3)nc(N)n2)cc1. The summed E-state index contributed by atoms with van der Waals surface area (Å²) < 4.78 is 5.21. The molecule has 3 aromatic rings. The Labute approximate surface area is 183 Å². The molecule has 0 bridgehead atoms. The Kier molecular flexibility index (Phi) is 6.52. The molecule has 7 heteroatoms. The second-order valence-electron chi connectivity index (χ2n) is 7.86. The van der Waals surface area contributed by atoms with Gasteiger partial charge in [0.15, 0.2) is 0 Å². The van der Waals surface area contributed by atoms with Gasteiger partial charge >= 0.3 is 0 Å². The molecule has 4 rings (SSSR count). The van der Waals surface area contributed by atoms with Crippen LogP contribution in [0.5, 0.6) is 5.75 Å². The highest BCUT2D eigenvalue weighted by Gasteiger charge is 2.14. The molecule has 2 aromatic carbocycles. The minimum Gasteiger partial charge on any atom is -0.497 e. The summed E-state index contributed by atoms with van der Waals surface area (Å²) in [6, 6.07) is 18.6. The van der Waals surface area contributed by atoms with E-state index in [9.17, 15) is 0 Å². The van der Waals surface area contributed by atoms with Crippen LogP contribution in [-0.2, 0) is 6.42 Å². The van der Waals surface area contributed by atoms with E-state index in [1.807, 2.05) is 18.2 Å². The van der Waals surface area contributed by atoms with Crippen LogP contribution >= 0.6 is 0 Å². The van der Waals surface area contributed by atoms with Crippen molar-refractivity contribution in [1.29, 1.82) is 0 Å². The number of nitrogens with one attached hydrogen (secondary N) is 1. The van der Waals surface area contributed by atoms with E-state index >= 15 is 0 Å². The molecule has 0 spiro atoms. The molecule has 1 saturated heterocycles. The fourth-order valence-corrected chi connectivity index (χ4v) is 3.74. The third kappa shape index (κ3) is 5.44. The van der Waals surface area contributed by atoms with E-state index in [1.165, 1.54) is 11.3 Å². The number of ether oxygens (including phenoxy) is 1.